The minimum Gasteiger partial charge on any atom is -0.367 e. The van der Waals surface area contributed by atoms with Gasteiger partial charge in [0.1, 0.15) is 6.61 Å². The zero-order chi connectivity index (χ0) is 20.9. The fourth-order valence-electron chi connectivity index (χ4n) is 2.67. The highest BCUT2D eigenvalue weighted by molar-refractivity contribution is 6.03. The van der Waals surface area contributed by atoms with Gasteiger partial charge in [0, 0.05) is 17.8 Å². The lowest BCUT2D eigenvalue weighted by atomic mass is 10.1. The molecule has 0 saturated carbocycles. The van der Waals surface area contributed by atoms with Gasteiger partial charge in [0.15, 0.2) is 5.82 Å². The number of halogens is 3. The molecule has 5 nitrogen and oxygen atoms in total. The first kappa shape index (κ1) is 20.6. The van der Waals surface area contributed by atoms with Gasteiger partial charge < -0.3 is 10.1 Å². The minimum absolute atomic E-state index is 0.230. The highest BCUT2D eigenvalue weighted by Gasteiger charge is 2.27. The van der Waals surface area contributed by atoms with Crippen molar-refractivity contribution < 1.29 is 22.7 Å². The summed E-state index contributed by atoms with van der Waals surface area (Å²) in [4.78, 5) is 12.4. The molecule has 0 saturated heterocycles. The number of carbonyl (C=O) groups excluding carboxylic acids is 1. The summed E-state index contributed by atoms with van der Waals surface area (Å²) >= 11 is 0. The molecule has 0 atom stereocenters. The molecule has 0 aliphatic rings. The van der Waals surface area contributed by atoms with Crippen molar-refractivity contribution >= 4 is 11.7 Å². The minimum atomic E-state index is -4.38. The summed E-state index contributed by atoms with van der Waals surface area (Å²) in [5.74, 6) is -0.0101. The highest BCUT2D eigenvalue weighted by Crippen LogP contribution is 2.16. The topological polar surface area (TPSA) is 56.2 Å². The van der Waals surface area contributed by atoms with E-state index >= 15 is 0 Å². The third-order valence-electron chi connectivity index (χ3n) is 4.07. The van der Waals surface area contributed by atoms with Crippen LogP contribution in [0.25, 0.3) is 0 Å². The van der Waals surface area contributed by atoms with E-state index in [-0.39, 0.29) is 6.61 Å². The van der Waals surface area contributed by atoms with E-state index in [0.717, 1.165) is 5.56 Å². The Morgan fingerprint density at radius 1 is 1.10 bits per heavy atom. The Morgan fingerprint density at radius 3 is 2.59 bits per heavy atom. The van der Waals surface area contributed by atoms with Crippen LogP contribution in [-0.4, -0.2) is 28.5 Å². The van der Waals surface area contributed by atoms with Gasteiger partial charge in [0.2, 0.25) is 0 Å². The molecule has 152 valence electrons. The molecule has 29 heavy (non-hydrogen) atoms. The third-order valence-corrected chi connectivity index (χ3v) is 4.07. The highest BCUT2D eigenvalue weighted by atomic mass is 19.4. The molecule has 1 N–H and O–H groups in total. The number of hydrogen-bond acceptors (Lipinski definition) is 3. The van der Waals surface area contributed by atoms with Crippen molar-refractivity contribution in [3.63, 3.8) is 0 Å². The van der Waals surface area contributed by atoms with Gasteiger partial charge in [-0.3, -0.25) is 9.48 Å². The number of alkyl halides is 3. The van der Waals surface area contributed by atoms with Crippen molar-refractivity contribution in [2.45, 2.75) is 26.3 Å². The zero-order valence-corrected chi connectivity index (χ0v) is 15.7. The van der Waals surface area contributed by atoms with Crippen LogP contribution in [0.15, 0.2) is 60.8 Å². The lowest BCUT2D eigenvalue weighted by Gasteiger charge is -2.09. The number of benzene rings is 2. The number of nitrogens with one attached hydrogen (secondary N) is 1. The molecule has 0 aliphatic heterocycles. The normalized spacial score (nSPS) is 11.4. The molecule has 8 heteroatoms. The van der Waals surface area contributed by atoms with Crippen molar-refractivity contribution in [1.29, 1.82) is 0 Å². The van der Waals surface area contributed by atoms with E-state index in [4.69, 9.17) is 0 Å². The average molecular weight is 403 g/mol. The van der Waals surface area contributed by atoms with E-state index in [2.05, 4.69) is 15.2 Å². The lowest BCUT2D eigenvalue weighted by Crippen LogP contribution is -2.17. The Bertz CT molecular complexity index is 966. The number of aromatic nitrogens is 2. The molecule has 0 radical (unpaired) electrons. The molecule has 0 aliphatic carbocycles. The molecule has 0 bridgehead atoms. The van der Waals surface area contributed by atoms with E-state index in [1.807, 2.05) is 31.2 Å². The first-order valence-corrected chi connectivity index (χ1v) is 8.92. The maximum atomic E-state index is 12.4. The Morgan fingerprint density at radius 2 is 1.86 bits per heavy atom. The van der Waals surface area contributed by atoms with Gasteiger partial charge in [-0.05, 0) is 30.2 Å². The maximum Gasteiger partial charge on any atom is 0.411 e. The number of hydrogen-bond donors (Lipinski definition) is 1. The molecular formula is C21H20F3N3O2. The summed E-state index contributed by atoms with van der Waals surface area (Å²) in [6.07, 6.45) is -2.62. The fourth-order valence-corrected chi connectivity index (χ4v) is 2.67. The molecule has 0 spiro atoms. The number of ether oxygens (including phenoxy) is 1. The van der Waals surface area contributed by atoms with Crippen LogP contribution in [0.4, 0.5) is 19.0 Å². The predicted molar refractivity (Wildman–Crippen MR) is 103 cm³/mol. The summed E-state index contributed by atoms with van der Waals surface area (Å²) < 4.78 is 42.8. The number of aryl methyl sites for hydroxylation is 1. The molecule has 1 amide bonds. The Labute approximate surface area is 166 Å². The summed E-state index contributed by atoms with van der Waals surface area (Å²) in [6.45, 7) is 1.03. The maximum absolute atomic E-state index is 12.4. The monoisotopic (exact) mass is 403 g/mol. The van der Waals surface area contributed by atoms with Crippen molar-refractivity contribution in [3.05, 3.63) is 83.0 Å². The first-order chi connectivity index (χ1) is 13.8. The second-order valence-electron chi connectivity index (χ2n) is 6.65. The first-order valence-electron chi connectivity index (χ1n) is 8.92. The number of nitrogens with zero attached hydrogens (tertiary/aromatic N) is 2. The van der Waals surface area contributed by atoms with Crippen LogP contribution in [0, 0.1) is 6.92 Å². The largest absolute Gasteiger partial charge is 0.411 e. The second kappa shape index (κ2) is 8.91. The number of anilines is 1. The van der Waals surface area contributed by atoms with Crippen LogP contribution in [0.1, 0.15) is 27.0 Å². The molecule has 0 fully saturated rings. The number of amides is 1. The number of carbonyl (C=O) groups is 1. The average Bonchev–Trinajstić information content (AvgIpc) is 3.09. The van der Waals surface area contributed by atoms with Crippen LogP contribution in [0.2, 0.25) is 0 Å². The smallest absolute Gasteiger partial charge is 0.367 e. The Kier molecular flexibility index (Phi) is 6.33. The molecule has 1 heterocycles. The van der Waals surface area contributed by atoms with Crippen LogP contribution >= 0.6 is 0 Å². The van der Waals surface area contributed by atoms with Gasteiger partial charge >= 0.3 is 6.18 Å². The zero-order valence-electron chi connectivity index (χ0n) is 15.7. The lowest BCUT2D eigenvalue weighted by molar-refractivity contribution is -0.176. The van der Waals surface area contributed by atoms with Gasteiger partial charge in [-0.25, -0.2) is 0 Å². The summed E-state index contributed by atoms with van der Waals surface area (Å²) in [5.41, 5.74) is 3.05. The van der Waals surface area contributed by atoms with Gasteiger partial charge in [0.25, 0.3) is 5.91 Å². The van der Waals surface area contributed by atoms with E-state index in [9.17, 15) is 18.0 Å². The SMILES string of the molecule is Cc1ccc(Cn2ccc(NC(=O)c3cccc(COCC(F)(F)F)c3)n2)cc1. The van der Waals surface area contributed by atoms with Crippen LogP contribution in [0.5, 0.6) is 0 Å². The van der Waals surface area contributed by atoms with Gasteiger partial charge in [-0.2, -0.15) is 18.3 Å². The molecule has 2 aromatic carbocycles. The van der Waals surface area contributed by atoms with Crippen LogP contribution in [0.3, 0.4) is 0 Å². The Balaban J connectivity index is 1.58. The quantitative estimate of drug-likeness (QED) is 0.629. The molecule has 3 aromatic rings. The van der Waals surface area contributed by atoms with Crippen LogP contribution in [-0.2, 0) is 17.9 Å². The van der Waals surface area contributed by atoms with Gasteiger partial charge in [-0.15, -0.1) is 0 Å². The second-order valence-corrected chi connectivity index (χ2v) is 6.65. The molecule has 1 aromatic heterocycles. The van der Waals surface area contributed by atoms with E-state index in [0.29, 0.717) is 23.5 Å². The van der Waals surface area contributed by atoms with Crippen LogP contribution < -0.4 is 5.32 Å². The summed E-state index contributed by atoms with van der Waals surface area (Å²) in [6, 6.07) is 16.0. The van der Waals surface area contributed by atoms with E-state index in [1.165, 1.54) is 11.6 Å². The predicted octanol–water partition coefficient (Wildman–Crippen LogP) is 4.57. The summed E-state index contributed by atoms with van der Waals surface area (Å²) in [7, 11) is 0. The van der Waals surface area contributed by atoms with Crippen molar-refractivity contribution in [2.24, 2.45) is 0 Å². The number of rotatable bonds is 7. The Hall–Kier alpha value is -3.13. The van der Waals surface area contributed by atoms with Crippen molar-refractivity contribution in [1.82, 2.24) is 9.78 Å². The molecule has 3 rings (SSSR count). The molecule has 0 unspecified atom stereocenters. The third kappa shape index (κ3) is 6.46. The van der Waals surface area contributed by atoms with Crippen molar-refractivity contribution in [3.8, 4) is 0 Å². The summed E-state index contributed by atoms with van der Waals surface area (Å²) in [5, 5.41) is 7.02. The fraction of sp³-hybridized carbons (Fsp3) is 0.238. The standard InChI is InChI=1S/C21H20F3N3O2/c1-15-5-7-16(8-6-15)12-27-10-9-19(26-27)25-20(28)18-4-2-3-17(11-18)13-29-14-21(22,23)24/h2-11H,12-14H2,1H3,(H,25,26,28). The molecular weight excluding hydrogens is 383 g/mol. The van der Waals surface area contributed by atoms with E-state index in [1.54, 1.807) is 35.1 Å². The van der Waals surface area contributed by atoms with Gasteiger partial charge in [0.05, 0.1) is 13.2 Å². The van der Waals surface area contributed by atoms with Crippen molar-refractivity contribution in [2.75, 3.05) is 11.9 Å². The van der Waals surface area contributed by atoms with Gasteiger partial charge in [-0.1, -0.05) is 42.0 Å². The van der Waals surface area contributed by atoms with E-state index < -0.39 is 18.7 Å².